The summed E-state index contributed by atoms with van der Waals surface area (Å²) in [6.45, 7) is 0. The highest BCUT2D eigenvalue weighted by Gasteiger charge is 2.07. The van der Waals surface area contributed by atoms with E-state index in [-0.39, 0.29) is 0 Å². The molecule has 0 aliphatic heterocycles. The van der Waals surface area contributed by atoms with E-state index in [1.807, 2.05) is 6.07 Å². The minimum absolute atomic E-state index is 0.404. The van der Waals surface area contributed by atoms with Crippen LogP contribution in [0.25, 0.3) is 0 Å². The molecule has 0 aromatic heterocycles. The van der Waals surface area contributed by atoms with Gasteiger partial charge in [-0.25, -0.2) is 0 Å². The molecule has 0 aliphatic carbocycles. The Kier molecular flexibility index (Phi) is 3.70. The SMILES string of the molecule is N#Cc1ccc(Nc2cccc(C#N)c2N)c(Br)c1. The van der Waals surface area contributed by atoms with Crippen molar-refractivity contribution in [1.82, 2.24) is 0 Å². The molecule has 19 heavy (non-hydrogen) atoms. The van der Waals surface area contributed by atoms with Crippen molar-refractivity contribution in [2.75, 3.05) is 11.1 Å². The van der Waals surface area contributed by atoms with Gasteiger partial charge in [0.05, 0.1) is 34.3 Å². The highest BCUT2D eigenvalue weighted by molar-refractivity contribution is 9.10. The zero-order chi connectivity index (χ0) is 13.8. The maximum atomic E-state index is 8.93. The Morgan fingerprint density at radius 1 is 1.05 bits per heavy atom. The van der Waals surface area contributed by atoms with Crippen LogP contribution in [-0.2, 0) is 0 Å². The Balaban J connectivity index is 2.38. The van der Waals surface area contributed by atoms with Crippen molar-refractivity contribution in [3.8, 4) is 12.1 Å². The lowest BCUT2D eigenvalue weighted by molar-refractivity contribution is 1.45. The molecule has 0 saturated heterocycles. The lowest BCUT2D eigenvalue weighted by Crippen LogP contribution is -1.99. The van der Waals surface area contributed by atoms with Crippen LogP contribution in [0, 0.1) is 22.7 Å². The number of rotatable bonds is 2. The van der Waals surface area contributed by atoms with E-state index in [4.69, 9.17) is 16.3 Å². The molecule has 0 spiro atoms. The minimum atomic E-state index is 0.404. The summed E-state index contributed by atoms with van der Waals surface area (Å²) in [5.74, 6) is 0. The normalized spacial score (nSPS) is 9.42. The zero-order valence-electron chi connectivity index (χ0n) is 9.81. The summed E-state index contributed by atoms with van der Waals surface area (Å²) >= 11 is 3.39. The summed E-state index contributed by atoms with van der Waals surface area (Å²) in [6.07, 6.45) is 0. The molecule has 2 aromatic carbocycles. The molecule has 0 fully saturated rings. The molecule has 0 heterocycles. The molecular weight excluding hydrogens is 304 g/mol. The molecule has 0 amide bonds. The fraction of sp³-hybridized carbons (Fsp3) is 0. The second-order valence-corrected chi connectivity index (χ2v) is 4.66. The van der Waals surface area contributed by atoms with Crippen LogP contribution in [0.5, 0.6) is 0 Å². The van der Waals surface area contributed by atoms with Gasteiger partial charge in [-0.3, -0.25) is 0 Å². The van der Waals surface area contributed by atoms with E-state index < -0.39 is 0 Å². The molecule has 5 heteroatoms. The third-order valence-corrected chi connectivity index (χ3v) is 3.25. The Hall–Kier alpha value is -2.50. The maximum Gasteiger partial charge on any atom is 0.101 e. The standard InChI is InChI=1S/C14H9BrN4/c15-11-6-9(7-16)4-5-12(11)19-13-3-1-2-10(8-17)14(13)18/h1-6,19H,18H2. The summed E-state index contributed by atoms with van der Waals surface area (Å²) in [7, 11) is 0. The third-order valence-electron chi connectivity index (χ3n) is 2.59. The number of benzene rings is 2. The Morgan fingerprint density at radius 3 is 2.47 bits per heavy atom. The van der Waals surface area contributed by atoms with Crippen molar-refractivity contribution < 1.29 is 0 Å². The highest BCUT2D eigenvalue weighted by Crippen LogP contribution is 2.30. The molecule has 4 nitrogen and oxygen atoms in total. The van der Waals surface area contributed by atoms with E-state index in [1.54, 1.807) is 36.4 Å². The topological polar surface area (TPSA) is 85.6 Å². The fourth-order valence-corrected chi connectivity index (χ4v) is 2.08. The number of nitrogen functional groups attached to an aromatic ring is 1. The van der Waals surface area contributed by atoms with E-state index in [9.17, 15) is 0 Å². The number of para-hydroxylation sites is 1. The number of halogens is 1. The minimum Gasteiger partial charge on any atom is -0.396 e. The lowest BCUT2D eigenvalue weighted by Gasteiger charge is -2.11. The predicted octanol–water partition coefficient (Wildman–Crippen LogP) is 3.52. The molecular formula is C14H9BrN4. The van der Waals surface area contributed by atoms with Crippen LogP contribution in [0.3, 0.4) is 0 Å². The van der Waals surface area contributed by atoms with Gasteiger partial charge in [0.25, 0.3) is 0 Å². The van der Waals surface area contributed by atoms with Gasteiger partial charge in [0.15, 0.2) is 0 Å². The first-order chi connectivity index (χ1) is 9.15. The Morgan fingerprint density at radius 2 is 1.84 bits per heavy atom. The molecule has 2 rings (SSSR count). The molecule has 92 valence electrons. The monoisotopic (exact) mass is 312 g/mol. The average Bonchev–Trinajstić information content (AvgIpc) is 2.43. The third kappa shape index (κ3) is 2.67. The molecule has 0 radical (unpaired) electrons. The molecule has 2 aromatic rings. The second kappa shape index (κ2) is 5.43. The summed E-state index contributed by atoms with van der Waals surface area (Å²) in [6, 6.07) is 14.5. The van der Waals surface area contributed by atoms with Crippen LogP contribution in [-0.4, -0.2) is 0 Å². The number of nitrogens with two attached hydrogens (primary N) is 1. The number of hydrogen-bond donors (Lipinski definition) is 2. The largest absolute Gasteiger partial charge is 0.396 e. The van der Waals surface area contributed by atoms with Gasteiger partial charge < -0.3 is 11.1 Å². The van der Waals surface area contributed by atoms with Gasteiger partial charge in [-0.05, 0) is 46.3 Å². The summed E-state index contributed by atoms with van der Waals surface area (Å²) in [5.41, 5.74) is 8.73. The summed E-state index contributed by atoms with van der Waals surface area (Å²) in [5, 5.41) is 20.9. The van der Waals surface area contributed by atoms with E-state index in [0.717, 1.165) is 10.2 Å². The van der Waals surface area contributed by atoms with Crippen molar-refractivity contribution in [1.29, 1.82) is 10.5 Å². The maximum absolute atomic E-state index is 8.93. The molecule has 3 N–H and O–H groups in total. The van der Waals surface area contributed by atoms with E-state index in [1.165, 1.54) is 0 Å². The number of hydrogen-bond acceptors (Lipinski definition) is 4. The molecule has 0 bridgehead atoms. The first-order valence-corrected chi connectivity index (χ1v) is 6.20. The molecule has 0 atom stereocenters. The van der Waals surface area contributed by atoms with Crippen molar-refractivity contribution in [2.24, 2.45) is 0 Å². The predicted molar refractivity (Wildman–Crippen MR) is 77.7 cm³/mol. The fourth-order valence-electron chi connectivity index (χ4n) is 1.60. The first kappa shape index (κ1) is 12.9. The van der Waals surface area contributed by atoms with E-state index in [2.05, 4.69) is 27.3 Å². The quantitative estimate of drug-likeness (QED) is 0.831. The van der Waals surface area contributed by atoms with Crippen molar-refractivity contribution in [3.63, 3.8) is 0 Å². The van der Waals surface area contributed by atoms with Gasteiger partial charge in [0.1, 0.15) is 6.07 Å². The number of nitrogens with zero attached hydrogens (tertiary/aromatic N) is 2. The van der Waals surface area contributed by atoms with Crippen LogP contribution >= 0.6 is 15.9 Å². The number of nitrogens with one attached hydrogen (secondary N) is 1. The van der Waals surface area contributed by atoms with Gasteiger partial charge >= 0.3 is 0 Å². The van der Waals surface area contributed by atoms with E-state index >= 15 is 0 Å². The molecule has 0 saturated carbocycles. The Bertz CT molecular complexity index is 710. The van der Waals surface area contributed by atoms with Crippen LogP contribution in [0.4, 0.5) is 17.1 Å². The summed E-state index contributed by atoms with van der Waals surface area (Å²) < 4.78 is 0.758. The highest BCUT2D eigenvalue weighted by atomic mass is 79.9. The van der Waals surface area contributed by atoms with Crippen molar-refractivity contribution in [3.05, 3.63) is 52.0 Å². The van der Waals surface area contributed by atoms with Gasteiger partial charge in [-0.15, -0.1) is 0 Å². The smallest absolute Gasteiger partial charge is 0.101 e. The van der Waals surface area contributed by atoms with Crippen LogP contribution in [0.15, 0.2) is 40.9 Å². The van der Waals surface area contributed by atoms with Gasteiger partial charge in [0.2, 0.25) is 0 Å². The van der Waals surface area contributed by atoms with Crippen molar-refractivity contribution in [2.45, 2.75) is 0 Å². The van der Waals surface area contributed by atoms with Gasteiger partial charge in [-0.2, -0.15) is 10.5 Å². The van der Waals surface area contributed by atoms with Crippen molar-refractivity contribution >= 4 is 33.0 Å². The van der Waals surface area contributed by atoms with Crippen LogP contribution in [0.2, 0.25) is 0 Å². The average molecular weight is 313 g/mol. The number of anilines is 3. The van der Waals surface area contributed by atoms with Crippen LogP contribution < -0.4 is 11.1 Å². The van der Waals surface area contributed by atoms with Gasteiger partial charge in [-0.1, -0.05) is 6.07 Å². The molecule has 0 unspecified atom stereocenters. The molecule has 0 aliphatic rings. The van der Waals surface area contributed by atoms with Crippen LogP contribution in [0.1, 0.15) is 11.1 Å². The van der Waals surface area contributed by atoms with E-state index in [0.29, 0.717) is 22.5 Å². The van der Waals surface area contributed by atoms with Gasteiger partial charge in [0, 0.05) is 4.47 Å². The lowest BCUT2D eigenvalue weighted by atomic mass is 10.1. The number of nitriles is 2. The Labute approximate surface area is 119 Å². The summed E-state index contributed by atoms with van der Waals surface area (Å²) in [4.78, 5) is 0. The zero-order valence-corrected chi connectivity index (χ0v) is 11.4. The second-order valence-electron chi connectivity index (χ2n) is 3.81. The first-order valence-electron chi connectivity index (χ1n) is 5.41.